The van der Waals surface area contributed by atoms with Gasteiger partial charge in [0.1, 0.15) is 5.82 Å². The number of amides is 2. The van der Waals surface area contributed by atoms with Gasteiger partial charge in [-0.2, -0.15) is 0 Å². The van der Waals surface area contributed by atoms with Crippen LogP contribution in [-0.4, -0.2) is 52.9 Å². The third-order valence-corrected chi connectivity index (χ3v) is 4.94. The Bertz CT molecular complexity index is 900. The lowest BCUT2D eigenvalue weighted by Gasteiger charge is -2.29. The Kier molecular flexibility index (Phi) is 6.28. The van der Waals surface area contributed by atoms with Gasteiger partial charge in [0.25, 0.3) is 11.8 Å². The number of nitrogens with two attached hydrogens (primary N) is 2. The molecule has 1 aliphatic carbocycles. The number of carbonyl (C=O) groups excluding carboxylic acids is 2. The highest BCUT2D eigenvalue weighted by molar-refractivity contribution is 5.97. The summed E-state index contributed by atoms with van der Waals surface area (Å²) in [5.74, 6) is -0.0836. The van der Waals surface area contributed by atoms with Crippen molar-refractivity contribution in [2.45, 2.75) is 37.8 Å². The molecule has 1 aliphatic rings. The number of carbonyl (C=O) groups is 2. The van der Waals surface area contributed by atoms with Gasteiger partial charge in [-0.15, -0.1) is 0 Å². The van der Waals surface area contributed by atoms with Crippen molar-refractivity contribution in [1.82, 2.24) is 14.9 Å². The van der Waals surface area contributed by atoms with Crippen LogP contribution < -0.4 is 22.1 Å². The predicted molar refractivity (Wildman–Crippen MR) is 112 cm³/mol. The van der Waals surface area contributed by atoms with Crippen molar-refractivity contribution in [3.8, 4) is 0 Å². The fraction of sp³-hybridized carbons (Fsp3) is 0.400. The maximum Gasteiger partial charge on any atom is 0.271 e. The summed E-state index contributed by atoms with van der Waals surface area (Å²) in [6.45, 7) is 0. The fourth-order valence-electron chi connectivity index (χ4n) is 3.38. The van der Waals surface area contributed by atoms with Crippen LogP contribution in [0.15, 0.2) is 30.5 Å². The lowest BCUT2D eigenvalue weighted by Crippen LogP contribution is -2.42. The molecule has 2 atom stereocenters. The zero-order valence-corrected chi connectivity index (χ0v) is 16.7. The Balaban J connectivity index is 1.86. The van der Waals surface area contributed by atoms with Crippen molar-refractivity contribution < 1.29 is 9.59 Å². The molecule has 0 aliphatic heterocycles. The normalized spacial score (nSPS) is 18.7. The monoisotopic (exact) mass is 397 g/mol. The number of anilines is 3. The van der Waals surface area contributed by atoms with Gasteiger partial charge in [0.15, 0.2) is 11.5 Å². The maximum absolute atomic E-state index is 12.2. The Labute approximate surface area is 169 Å². The second kappa shape index (κ2) is 8.87. The van der Waals surface area contributed by atoms with Gasteiger partial charge in [0, 0.05) is 37.4 Å². The number of hydrogen-bond donors (Lipinski definition) is 4. The summed E-state index contributed by atoms with van der Waals surface area (Å²) in [5, 5.41) is 6.38. The van der Waals surface area contributed by atoms with Crippen molar-refractivity contribution in [1.29, 1.82) is 0 Å². The highest BCUT2D eigenvalue weighted by Crippen LogP contribution is 2.23. The van der Waals surface area contributed by atoms with E-state index in [1.54, 1.807) is 38.4 Å². The first kappa shape index (κ1) is 20.5. The Morgan fingerprint density at radius 3 is 2.66 bits per heavy atom. The van der Waals surface area contributed by atoms with Crippen LogP contribution in [0.2, 0.25) is 0 Å². The molecule has 0 unspecified atom stereocenters. The number of rotatable bonds is 6. The summed E-state index contributed by atoms with van der Waals surface area (Å²) in [4.78, 5) is 34.2. The smallest absolute Gasteiger partial charge is 0.271 e. The first-order valence-corrected chi connectivity index (χ1v) is 9.63. The van der Waals surface area contributed by atoms with E-state index in [2.05, 4.69) is 20.6 Å². The van der Waals surface area contributed by atoms with Crippen LogP contribution in [0.25, 0.3) is 0 Å². The first-order valence-electron chi connectivity index (χ1n) is 9.63. The van der Waals surface area contributed by atoms with Gasteiger partial charge in [-0.05, 0) is 31.0 Å². The average Bonchev–Trinajstić information content (AvgIpc) is 2.69. The molecule has 0 bridgehead atoms. The second-order valence-electron chi connectivity index (χ2n) is 7.42. The van der Waals surface area contributed by atoms with Gasteiger partial charge >= 0.3 is 0 Å². The molecule has 0 saturated heterocycles. The molecule has 6 N–H and O–H groups in total. The van der Waals surface area contributed by atoms with E-state index in [9.17, 15) is 9.59 Å². The van der Waals surface area contributed by atoms with Gasteiger partial charge in [-0.1, -0.05) is 18.9 Å². The third kappa shape index (κ3) is 5.00. The molecule has 1 fully saturated rings. The SMILES string of the molecule is CN(C)C(=O)c1cccc(Nc2nc(N[C@@H]3CCCC[C@@H]3N)cnc2C(N)=O)c1. The maximum atomic E-state index is 12.2. The molecule has 1 saturated carbocycles. The van der Waals surface area contributed by atoms with Crippen LogP contribution in [0.4, 0.5) is 17.3 Å². The van der Waals surface area contributed by atoms with Crippen molar-refractivity contribution in [3.63, 3.8) is 0 Å². The molecule has 2 amide bonds. The molecule has 1 aromatic heterocycles. The predicted octanol–water partition coefficient (Wildman–Crippen LogP) is 1.70. The Morgan fingerprint density at radius 1 is 1.21 bits per heavy atom. The van der Waals surface area contributed by atoms with Gasteiger partial charge in [0.05, 0.1) is 6.20 Å². The first-order chi connectivity index (χ1) is 13.8. The van der Waals surface area contributed by atoms with E-state index in [0.717, 1.165) is 25.7 Å². The lowest BCUT2D eigenvalue weighted by atomic mass is 9.91. The molecule has 1 aromatic carbocycles. The van der Waals surface area contributed by atoms with Gasteiger partial charge in [-0.3, -0.25) is 9.59 Å². The van der Waals surface area contributed by atoms with E-state index >= 15 is 0 Å². The zero-order chi connectivity index (χ0) is 21.0. The van der Waals surface area contributed by atoms with Crippen molar-refractivity contribution in [2.75, 3.05) is 24.7 Å². The molecular formula is C20H27N7O2. The van der Waals surface area contributed by atoms with E-state index in [1.165, 1.54) is 11.1 Å². The van der Waals surface area contributed by atoms with Crippen LogP contribution in [0, 0.1) is 0 Å². The van der Waals surface area contributed by atoms with E-state index in [1.807, 2.05) is 0 Å². The highest BCUT2D eigenvalue weighted by Gasteiger charge is 2.23. The number of benzene rings is 1. The summed E-state index contributed by atoms with van der Waals surface area (Å²) in [6, 6.07) is 7.08. The third-order valence-electron chi connectivity index (χ3n) is 4.94. The van der Waals surface area contributed by atoms with E-state index < -0.39 is 5.91 Å². The summed E-state index contributed by atoms with van der Waals surface area (Å²) >= 11 is 0. The second-order valence-corrected chi connectivity index (χ2v) is 7.42. The average molecular weight is 397 g/mol. The summed E-state index contributed by atoms with van der Waals surface area (Å²) in [6.07, 6.45) is 5.63. The quantitative estimate of drug-likeness (QED) is 0.582. The van der Waals surface area contributed by atoms with Crippen molar-refractivity contribution in [2.24, 2.45) is 11.5 Å². The van der Waals surface area contributed by atoms with E-state index in [-0.39, 0.29) is 29.5 Å². The molecule has 1 heterocycles. The lowest BCUT2D eigenvalue weighted by molar-refractivity contribution is 0.0827. The van der Waals surface area contributed by atoms with Crippen LogP contribution in [-0.2, 0) is 0 Å². The largest absolute Gasteiger partial charge is 0.364 e. The topological polar surface area (TPSA) is 139 Å². The minimum absolute atomic E-state index is 0.0211. The molecule has 3 rings (SSSR count). The van der Waals surface area contributed by atoms with Gasteiger partial charge in [-0.25, -0.2) is 9.97 Å². The number of nitrogens with one attached hydrogen (secondary N) is 2. The number of aromatic nitrogens is 2. The zero-order valence-electron chi connectivity index (χ0n) is 16.7. The molecule has 29 heavy (non-hydrogen) atoms. The molecule has 9 nitrogen and oxygen atoms in total. The Morgan fingerprint density at radius 2 is 1.97 bits per heavy atom. The number of hydrogen-bond acceptors (Lipinski definition) is 7. The molecular weight excluding hydrogens is 370 g/mol. The minimum atomic E-state index is -0.693. The van der Waals surface area contributed by atoms with Gasteiger partial charge in [0.2, 0.25) is 0 Å². The number of primary amides is 1. The van der Waals surface area contributed by atoms with Crippen molar-refractivity contribution in [3.05, 3.63) is 41.7 Å². The van der Waals surface area contributed by atoms with Gasteiger partial charge < -0.3 is 27.0 Å². The molecule has 0 radical (unpaired) electrons. The van der Waals surface area contributed by atoms with Crippen LogP contribution in [0.5, 0.6) is 0 Å². The fourth-order valence-corrected chi connectivity index (χ4v) is 3.38. The molecule has 154 valence electrons. The molecule has 2 aromatic rings. The van der Waals surface area contributed by atoms with Crippen LogP contribution in [0.3, 0.4) is 0 Å². The van der Waals surface area contributed by atoms with E-state index in [0.29, 0.717) is 17.1 Å². The summed E-state index contributed by atoms with van der Waals surface area (Å²) in [5.41, 5.74) is 12.8. The van der Waals surface area contributed by atoms with Crippen molar-refractivity contribution >= 4 is 29.1 Å². The molecule has 9 heteroatoms. The molecule has 0 spiro atoms. The Hall–Kier alpha value is -3.20. The van der Waals surface area contributed by atoms with Crippen LogP contribution in [0.1, 0.15) is 46.5 Å². The standard InChI is InChI=1S/C20H27N7O2/c1-27(2)20(29)12-6-5-7-13(10-12)24-19-17(18(22)28)23-11-16(26-19)25-15-9-4-3-8-14(15)21/h5-7,10-11,14-15H,3-4,8-9,21H2,1-2H3,(H2,22,28)(H2,24,25,26)/t14-,15+/m0/s1. The highest BCUT2D eigenvalue weighted by atomic mass is 16.2. The summed E-state index contributed by atoms with van der Waals surface area (Å²) in [7, 11) is 3.37. The summed E-state index contributed by atoms with van der Waals surface area (Å²) < 4.78 is 0. The van der Waals surface area contributed by atoms with Crippen LogP contribution >= 0.6 is 0 Å². The van der Waals surface area contributed by atoms with E-state index in [4.69, 9.17) is 11.5 Å². The minimum Gasteiger partial charge on any atom is -0.364 e. The number of nitrogens with zero attached hydrogens (tertiary/aromatic N) is 3.